The fourth-order valence-corrected chi connectivity index (χ4v) is 0.839. The van der Waals surface area contributed by atoms with Gasteiger partial charge in [0.15, 0.2) is 5.82 Å². The lowest BCUT2D eigenvalue weighted by Crippen LogP contribution is -2.17. The van der Waals surface area contributed by atoms with E-state index in [1.54, 1.807) is 18.1 Å². The molecular weight excluding hydrogens is 154 g/mol. The zero-order valence-corrected chi connectivity index (χ0v) is 6.83. The van der Waals surface area contributed by atoms with Gasteiger partial charge >= 0.3 is 0 Å². The number of rotatable bonds is 3. The van der Waals surface area contributed by atoms with Gasteiger partial charge in [-0.3, -0.25) is 5.41 Å². The summed E-state index contributed by atoms with van der Waals surface area (Å²) < 4.78 is 0. The molecule has 0 aliphatic rings. The predicted octanol–water partition coefficient (Wildman–Crippen LogP) is 0.273. The number of nitrogens with one attached hydrogen (secondary N) is 2. The molecule has 0 atom stereocenters. The van der Waals surface area contributed by atoms with Crippen molar-refractivity contribution < 1.29 is 0 Å². The summed E-state index contributed by atoms with van der Waals surface area (Å²) >= 11 is 0. The number of H-pyrrole nitrogens is 1. The summed E-state index contributed by atoms with van der Waals surface area (Å²) in [7, 11) is 1.79. The summed E-state index contributed by atoms with van der Waals surface area (Å²) in [5, 5.41) is 7.21. The first-order chi connectivity index (χ1) is 5.66. The van der Waals surface area contributed by atoms with Crippen LogP contribution in [0.25, 0.3) is 0 Å². The van der Waals surface area contributed by atoms with E-state index in [-0.39, 0.29) is 5.84 Å². The summed E-state index contributed by atoms with van der Waals surface area (Å²) in [6.07, 6.45) is 3.09. The first kappa shape index (κ1) is 8.32. The van der Waals surface area contributed by atoms with Crippen LogP contribution in [-0.2, 0) is 0 Å². The number of hydrogen-bond donors (Lipinski definition) is 3. The Kier molecular flexibility index (Phi) is 2.14. The lowest BCUT2D eigenvalue weighted by atomic mass is 10.4. The highest BCUT2D eigenvalue weighted by atomic mass is 15.2. The second-order valence-electron chi connectivity index (χ2n) is 2.31. The van der Waals surface area contributed by atoms with Crippen LogP contribution in [0, 0.1) is 5.41 Å². The molecule has 12 heavy (non-hydrogen) atoms. The van der Waals surface area contributed by atoms with Crippen LogP contribution in [0.1, 0.15) is 5.69 Å². The van der Waals surface area contributed by atoms with Gasteiger partial charge in [-0.1, -0.05) is 6.58 Å². The molecule has 0 amide bonds. The van der Waals surface area contributed by atoms with Gasteiger partial charge in [0.05, 0.1) is 6.33 Å². The van der Waals surface area contributed by atoms with Gasteiger partial charge in [0.1, 0.15) is 11.5 Å². The molecule has 0 fully saturated rings. The molecule has 0 aliphatic carbocycles. The Labute approximate surface area is 70.4 Å². The highest BCUT2D eigenvalue weighted by Crippen LogP contribution is 2.12. The number of aromatic amines is 1. The zero-order chi connectivity index (χ0) is 9.14. The Morgan fingerprint density at radius 2 is 2.58 bits per heavy atom. The molecule has 0 radical (unpaired) electrons. The van der Waals surface area contributed by atoms with E-state index in [9.17, 15) is 0 Å². The number of imidazole rings is 1. The van der Waals surface area contributed by atoms with E-state index in [0.29, 0.717) is 11.5 Å². The van der Waals surface area contributed by atoms with E-state index in [1.807, 2.05) is 0 Å². The standard InChI is InChI=1S/C7H11N5/c1-3-12(2)7-5(6(8)9)10-4-11-7/h3-4H,1H2,2H3,(H3,8,9)(H,10,11). The number of hydrogen-bond acceptors (Lipinski definition) is 3. The highest BCUT2D eigenvalue weighted by Gasteiger charge is 2.09. The Morgan fingerprint density at radius 3 is 3.08 bits per heavy atom. The van der Waals surface area contributed by atoms with Gasteiger partial charge in [-0.25, -0.2) is 4.98 Å². The summed E-state index contributed by atoms with van der Waals surface area (Å²) in [6.45, 7) is 3.58. The fourth-order valence-electron chi connectivity index (χ4n) is 0.839. The maximum Gasteiger partial charge on any atom is 0.161 e. The quantitative estimate of drug-likeness (QED) is 0.444. The molecule has 0 bridgehead atoms. The van der Waals surface area contributed by atoms with Crippen molar-refractivity contribution in [2.45, 2.75) is 0 Å². The van der Waals surface area contributed by atoms with Gasteiger partial charge in [0.25, 0.3) is 0 Å². The van der Waals surface area contributed by atoms with Crippen molar-refractivity contribution in [2.75, 3.05) is 11.9 Å². The summed E-state index contributed by atoms with van der Waals surface area (Å²) in [5.74, 6) is 0.578. The third-order valence-corrected chi connectivity index (χ3v) is 1.50. The van der Waals surface area contributed by atoms with Crippen molar-refractivity contribution >= 4 is 11.7 Å². The molecule has 1 aromatic rings. The minimum Gasteiger partial charge on any atom is -0.382 e. The van der Waals surface area contributed by atoms with Gasteiger partial charge in [0, 0.05) is 7.05 Å². The van der Waals surface area contributed by atoms with E-state index >= 15 is 0 Å². The second kappa shape index (κ2) is 3.08. The highest BCUT2D eigenvalue weighted by molar-refractivity contribution is 5.97. The fraction of sp³-hybridized carbons (Fsp3) is 0.143. The van der Waals surface area contributed by atoms with Crippen molar-refractivity contribution in [3.8, 4) is 0 Å². The van der Waals surface area contributed by atoms with E-state index in [1.165, 1.54) is 6.33 Å². The van der Waals surface area contributed by atoms with Crippen molar-refractivity contribution in [3.63, 3.8) is 0 Å². The summed E-state index contributed by atoms with van der Waals surface area (Å²) in [6, 6.07) is 0. The summed E-state index contributed by atoms with van der Waals surface area (Å²) in [4.78, 5) is 8.44. The van der Waals surface area contributed by atoms with E-state index in [2.05, 4.69) is 16.5 Å². The topological polar surface area (TPSA) is 81.8 Å². The average molecular weight is 165 g/mol. The third kappa shape index (κ3) is 1.29. The molecule has 4 N–H and O–H groups in total. The van der Waals surface area contributed by atoms with Gasteiger partial charge in [-0.05, 0) is 6.20 Å². The van der Waals surface area contributed by atoms with Crippen molar-refractivity contribution in [2.24, 2.45) is 5.73 Å². The Bertz CT molecular complexity index is 301. The van der Waals surface area contributed by atoms with Crippen LogP contribution in [0.15, 0.2) is 19.1 Å². The van der Waals surface area contributed by atoms with Crippen LogP contribution in [0.3, 0.4) is 0 Å². The van der Waals surface area contributed by atoms with E-state index in [4.69, 9.17) is 11.1 Å². The number of aromatic nitrogens is 2. The Hall–Kier alpha value is -1.78. The maximum absolute atomic E-state index is 7.21. The number of nitrogens with zero attached hydrogens (tertiary/aromatic N) is 2. The molecule has 0 saturated heterocycles. The average Bonchev–Trinajstić information content (AvgIpc) is 2.50. The van der Waals surface area contributed by atoms with Crippen molar-refractivity contribution in [1.82, 2.24) is 9.97 Å². The van der Waals surface area contributed by atoms with Gasteiger partial charge in [-0.2, -0.15) is 0 Å². The number of nitrogen functional groups attached to an aromatic ring is 1. The van der Waals surface area contributed by atoms with Crippen molar-refractivity contribution in [3.05, 3.63) is 24.8 Å². The van der Waals surface area contributed by atoms with Crippen molar-refractivity contribution in [1.29, 1.82) is 5.41 Å². The summed E-state index contributed by atoms with van der Waals surface area (Å²) in [5.41, 5.74) is 5.81. The Balaban J connectivity index is 3.06. The zero-order valence-electron chi connectivity index (χ0n) is 6.83. The smallest absolute Gasteiger partial charge is 0.161 e. The largest absolute Gasteiger partial charge is 0.382 e. The third-order valence-electron chi connectivity index (χ3n) is 1.50. The molecule has 5 heteroatoms. The molecular formula is C7H11N5. The lowest BCUT2D eigenvalue weighted by molar-refractivity contribution is 1.14. The molecule has 64 valence electrons. The molecule has 1 heterocycles. The van der Waals surface area contributed by atoms with Gasteiger partial charge < -0.3 is 15.6 Å². The van der Waals surface area contributed by atoms with E-state index < -0.39 is 0 Å². The van der Waals surface area contributed by atoms with E-state index in [0.717, 1.165) is 0 Å². The van der Waals surface area contributed by atoms with Crippen LogP contribution in [-0.4, -0.2) is 22.9 Å². The first-order valence-corrected chi connectivity index (χ1v) is 3.40. The molecule has 1 aromatic heterocycles. The SMILES string of the molecule is C=CN(C)c1nc[nH]c1C(=N)N. The van der Waals surface area contributed by atoms with Crippen LogP contribution in [0.2, 0.25) is 0 Å². The molecule has 0 aromatic carbocycles. The molecule has 1 rings (SSSR count). The van der Waals surface area contributed by atoms with Crippen LogP contribution in [0.5, 0.6) is 0 Å². The molecule has 0 unspecified atom stereocenters. The first-order valence-electron chi connectivity index (χ1n) is 3.40. The molecule has 5 nitrogen and oxygen atoms in total. The van der Waals surface area contributed by atoms with Gasteiger partial charge in [-0.15, -0.1) is 0 Å². The minimum absolute atomic E-state index is 0.0313. The molecule has 0 spiro atoms. The minimum atomic E-state index is -0.0313. The second-order valence-corrected chi connectivity index (χ2v) is 2.31. The van der Waals surface area contributed by atoms with Crippen LogP contribution >= 0.6 is 0 Å². The predicted molar refractivity (Wildman–Crippen MR) is 48.2 cm³/mol. The maximum atomic E-state index is 7.21. The Morgan fingerprint density at radius 1 is 1.92 bits per heavy atom. The van der Waals surface area contributed by atoms with Crippen LogP contribution < -0.4 is 10.6 Å². The molecule has 0 aliphatic heterocycles. The molecule has 0 saturated carbocycles. The monoisotopic (exact) mass is 165 g/mol. The van der Waals surface area contributed by atoms with Crippen LogP contribution in [0.4, 0.5) is 5.82 Å². The lowest BCUT2D eigenvalue weighted by Gasteiger charge is -2.10. The normalized spacial score (nSPS) is 9.42. The van der Waals surface area contributed by atoms with Gasteiger partial charge in [0.2, 0.25) is 0 Å². The number of nitrogens with two attached hydrogens (primary N) is 1. The number of anilines is 1. The number of amidine groups is 1.